The van der Waals surface area contributed by atoms with E-state index in [1.54, 1.807) is 12.5 Å². The Labute approximate surface area is 160 Å². The normalized spacial score (nSPS) is 11.0. The molecule has 6 nitrogen and oxygen atoms in total. The first-order chi connectivity index (χ1) is 13.3. The molecule has 0 atom stereocenters. The van der Waals surface area contributed by atoms with E-state index < -0.39 is 0 Å². The maximum Gasteiger partial charge on any atom is 0.205 e. The number of nitrogens with zero attached hydrogens (tertiary/aromatic N) is 4. The first-order valence-electron chi connectivity index (χ1n) is 8.47. The molecular formula is C20H18N4O2S. The first kappa shape index (κ1) is 17.4. The molecule has 0 aliphatic heterocycles. The molecule has 4 aromatic rings. The molecule has 136 valence electrons. The molecule has 4 rings (SSSR count). The van der Waals surface area contributed by atoms with Gasteiger partial charge in [0.05, 0.1) is 18.2 Å². The molecule has 7 heteroatoms. The molecule has 1 aromatic carbocycles. The van der Waals surface area contributed by atoms with Crippen molar-refractivity contribution < 1.29 is 8.83 Å². The summed E-state index contributed by atoms with van der Waals surface area (Å²) in [7, 11) is 0. The van der Waals surface area contributed by atoms with Crippen molar-refractivity contribution in [3.8, 4) is 22.9 Å². The molecule has 3 heterocycles. The van der Waals surface area contributed by atoms with Gasteiger partial charge in [-0.25, -0.2) is 4.98 Å². The Hall–Kier alpha value is -3.06. The highest BCUT2D eigenvalue weighted by Gasteiger charge is 2.18. The molecule has 0 saturated carbocycles. The molecular weight excluding hydrogens is 360 g/mol. The fraction of sp³-hybridized carbons (Fsp3) is 0.150. The summed E-state index contributed by atoms with van der Waals surface area (Å²) < 4.78 is 13.4. The number of furan rings is 1. The van der Waals surface area contributed by atoms with E-state index in [2.05, 4.69) is 21.8 Å². The van der Waals surface area contributed by atoms with Crippen molar-refractivity contribution in [2.24, 2.45) is 0 Å². The van der Waals surface area contributed by atoms with Crippen LogP contribution < -0.4 is 0 Å². The predicted octanol–water partition coefficient (Wildman–Crippen LogP) is 4.98. The Balaban J connectivity index is 1.53. The van der Waals surface area contributed by atoms with Gasteiger partial charge in [-0.3, -0.25) is 4.57 Å². The third-order valence-electron chi connectivity index (χ3n) is 4.03. The number of allylic oxidation sites excluding steroid dienone is 1. The second-order valence-electron chi connectivity index (χ2n) is 5.91. The Morgan fingerprint density at radius 2 is 2.04 bits per heavy atom. The molecule has 0 aliphatic rings. The molecule has 0 fully saturated rings. The maximum absolute atomic E-state index is 5.86. The first-order valence-corrected chi connectivity index (χ1v) is 9.46. The van der Waals surface area contributed by atoms with Crippen molar-refractivity contribution in [3.05, 3.63) is 73.0 Å². The van der Waals surface area contributed by atoms with Crippen molar-refractivity contribution in [3.63, 3.8) is 0 Å². The summed E-state index contributed by atoms with van der Waals surface area (Å²) in [4.78, 5) is 4.37. The smallest absolute Gasteiger partial charge is 0.205 e. The minimum Gasteiger partial charge on any atom is -0.461 e. The van der Waals surface area contributed by atoms with Crippen LogP contribution in [0.5, 0.6) is 0 Å². The highest BCUT2D eigenvalue weighted by Crippen LogP contribution is 2.29. The summed E-state index contributed by atoms with van der Waals surface area (Å²) >= 11 is 1.52. The summed E-state index contributed by atoms with van der Waals surface area (Å²) in [6.07, 6.45) is 5.22. The number of aryl methyl sites for hydroxylation is 1. The van der Waals surface area contributed by atoms with Gasteiger partial charge in [-0.15, -0.1) is 16.8 Å². The molecule has 0 N–H and O–H groups in total. The summed E-state index contributed by atoms with van der Waals surface area (Å²) in [5.41, 5.74) is 2.02. The summed E-state index contributed by atoms with van der Waals surface area (Å²) in [6, 6.07) is 11.8. The highest BCUT2D eigenvalue weighted by molar-refractivity contribution is 7.98. The number of thioether (sulfide) groups is 1. The van der Waals surface area contributed by atoms with Gasteiger partial charge in [-0.1, -0.05) is 48.2 Å². The molecule has 0 aliphatic carbocycles. The van der Waals surface area contributed by atoms with Gasteiger partial charge in [0, 0.05) is 12.1 Å². The van der Waals surface area contributed by atoms with Gasteiger partial charge in [0.2, 0.25) is 11.7 Å². The molecule has 0 radical (unpaired) electrons. The van der Waals surface area contributed by atoms with Crippen LogP contribution in [0.1, 0.15) is 11.5 Å². The SMILES string of the molecule is C=CCn1c(SCc2ncc(-c3ccccc3)o2)nnc1-c1occc1C. The standard InChI is InChI=1S/C20H18N4O2S/c1-3-10-24-19(18-14(2)9-11-25-18)22-23-20(24)27-13-17-21-12-16(26-17)15-7-5-4-6-8-15/h3-9,11-12H,1,10,13H2,2H3. The van der Waals surface area contributed by atoms with Gasteiger partial charge in [-0.05, 0) is 18.6 Å². The van der Waals surface area contributed by atoms with E-state index in [-0.39, 0.29) is 0 Å². The molecule has 0 amide bonds. The van der Waals surface area contributed by atoms with Crippen LogP contribution in [0.25, 0.3) is 22.9 Å². The van der Waals surface area contributed by atoms with Crippen LogP contribution in [0.15, 0.2) is 75.5 Å². The fourth-order valence-corrected chi connectivity index (χ4v) is 3.50. The third-order valence-corrected chi connectivity index (χ3v) is 4.98. The molecule has 0 bridgehead atoms. The number of rotatable bonds is 7. The van der Waals surface area contributed by atoms with Gasteiger partial charge in [0.15, 0.2) is 16.7 Å². The number of oxazole rings is 1. The van der Waals surface area contributed by atoms with E-state index in [4.69, 9.17) is 8.83 Å². The molecule has 3 aromatic heterocycles. The van der Waals surface area contributed by atoms with Crippen molar-refractivity contribution >= 4 is 11.8 Å². The van der Waals surface area contributed by atoms with E-state index in [0.717, 1.165) is 27.8 Å². The molecule has 27 heavy (non-hydrogen) atoms. The summed E-state index contributed by atoms with van der Waals surface area (Å²) in [6.45, 7) is 6.40. The van der Waals surface area contributed by atoms with Crippen molar-refractivity contribution in [1.82, 2.24) is 19.7 Å². The molecule has 0 unspecified atom stereocenters. The predicted molar refractivity (Wildman–Crippen MR) is 104 cm³/mol. The van der Waals surface area contributed by atoms with Crippen LogP contribution in [-0.4, -0.2) is 19.7 Å². The van der Waals surface area contributed by atoms with Crippen molar-refractivity contribution in [1.29, 1.82) is 0 Å². The quantitative estimate of drug-likeness (QED) is 0.334. The zero-order valence-electron chi connectivity index (χ0n) is 14.8. The van der Waals surface area contributed by atoms with E-state index >= 15 is 0 Å². The number of benzene rings is 1. The second kappa shape index (κ2) is 7.67. The van der Waals surface area contributed by atoms with Crippen LogP contribution in [0.2, 0.25) is 0 Å². The van der Waals surface area contributed by atoms with Crippen LogP contribution in [0, 0.1) is 6.92 Å². The van der Waals surface area contributed by atoms with Crippen LogP contribution in [0.3, 0.4) is 0 Å². The van der Waals surface area contributed by atoms with Gasteiger partial charge in [0.1, 0.15) is 0 Å². The van der Waals surface area contributed by atoms with Crippen LogP contribution >= 0.6 is 11.8 Å². The Bertz CT molecular complexity index is 1050. The Morgan fingerprint density at radius 3 is 2.78 bits per heavy atom. The van der Waals surface area contributed by atoms with Gasteiger partial charge in [-0.2, -0.15) is 0 Å². The summed E-state index contributed by atoms with van der Waals surface area (Å²) in [5, 5.41) is 9.38. The largest absolute Gasteiger partial charge is 0.461 e. The monoisotopic (exact) mass is 378 g/mol. The minimum absolute atomic E-state index is 0.555. The van der Waals surface area contributed by atoms with Crippen LogP contribution in [0.4, 0.5) is 0 Å². The third kappa shape index (κ3) is 3.59. The lowest BCUT2D eigenvalue weighted by molar-refractivity contribution is 0.529. The van der Waals surface area contributed by atoms with Crippen LogP contribution in [-0.2, 0) is 12.3 Å². The van der Waals surface area contributed by atoms with Crippen molar-refractivity contribution in [2.45, 2.75) is 24.4 Å². The lowest BCUT2D eigenvalue weighted by Gasteiger charge is -2.06. The van der Waals surface area contributed by atoms with Gasteiger partial charge < -0.3 is 8.83 Å². The van der Waals surface area contributed by atoms with E-state index in [1.807, 2.05) is 54.0 Å². The average molecular weight is 378 g/mol. The maximum atomic E-state index is 5.86. The van der Waals surface area contributed by atoms with Crippen molar-refractivity contribution in [2.75, 3.05) is 0 Å². The Kier molecular flexibility index (Phi) is 4.93. The van der Waals surface area contributed by atoms with E-state index in [1.165, 1.54) is 11.8 Å². The lowest BCUT2D eigenvalue weighted by atomic mass is 10.2. The van der Waals surface area contributed by atoms with E-state index in [9.17, 15) is 0 Å². The summed E-state index contributed by atoms with van der Waals surface area (Å²) in [5.74, 6) is 3.36. The van der Waals surface area contributed by atoms with E-state index in [0.29, 0.717) is 24.0 Å². The van der Waals surface area contributed by atoms with Gasteiger partial charge in [0.25, 0.3) is 0 Å². The highest BCUT2D eigenvalue weighted by atomic mass is 32.2. The molecule has 0 saturated heterocycles. The zero-order valence-corrected chi connectivity index (χ0v) is 15.6. The number of hydrogen-bond acceptors (Lipinski definition) is 6. The average Bonchev–Trinajstić information content (AvgIpc) is 3.41. The second-order valence-corrected chi connectivity index (χ2v) is 6.85. The Morgan fingerprint density at radius 1 is 1.19 bits per heavy atom. The fourth-order valence-electron chi connectivity index (χ4n) is 2.70. The lowest BCUT2D eigenvalue weighted by Crippen LogP contribution is -2.00. The zero-order chi connectivity index (χ0) is 18.6. The molecule has 0 spiro atoms. The number of hydrogen-bond donors (Lipinski definition) is 0. The number of aromatic nitrogens is 4. The topological polar surface area (TPSA) is 69.9 Å². The van der Waals surface area contributed by atoms with Gasteiger partial charge >= 0.3 is 0 Å². The minimum atomic E-state index is 0.555.